The lowest BCUT2D eigenvalue weighted by atomic mass is 10.2. The van der Waals surface area contributed by atoms with Crippen LogP contribution in [0.25, 0.3) is 0 Å². The van der Waals surface area contributed by atoms with Gasteiger partial charge >= 0.3 is 0 Å². The van der Waals surface area contributed by atoms with Gasteiger partial charge in [0.15, 0.2) is 6.61 Å². The van der Waals surface area contributed by atoms with Crippen molar-refractivity contribution in [1.29, 1.82) is 0 Å². The van der Waals surface area contributed by atoms with Crippen LogP contribution in [0.5, 0.6) is 5.75 Å². The second kappa shape index (κ2) is 9.35. The molecule has 0 spiro atoms. The van der Waals surface area contributed by atoms with Crippen LogP contribution in [0.1, 0.15) is 25.8 Å². The Balaban J connectivity index is 1.90. The summed E-state index contributed by atoms with van der Waals surface area (Å²) in [5, 5.41) is 2.80. The number of rotatable bonds is 9. The number of carbonyl (C=O) groups is 1. The van der Waals surface area contributed by atoms with Crippen LogP contribution in [0.4, 0.5) is 0 Å². The molecule has 2 aromatic carbocycles. The minimum Gasteiger partial charge on any atom is -0.484 e. The standard InChI is InChI=1S/C19H24N2O4S/c1-3-15(2)21-19(22)14-25-17-9-11-18(12-10-17)26(23,24)20-13-16-7-5-4-6-8-16/h4-12,15,20H,3,13-14H2,1-2H3,(H,21,22)/t15-/m1/s1. The zero-order chi connectivity index (χ0) is 19.0. The van der Waals surface area contributed by atoms with Gasteiger partial charge in [-0.3, -0.25) is 4.79 Å². The van der Waals surface area contributed by atoms with Crippen molar-refractivity contribution >= 4 is 15.9 Å². The van der Waals surface area contributed by atoms with Crippen molar-refractivity contribution in [2.45, 2.75) is 37.8 Å². The SMILES string of the molecule is CC[C@@H](C)NC(=O)COc1ccc(S(=O)(=O)NCc2ccccc2)cc1. The van der Waals surface area contributed by atoms with E-state index in [0.29, 0.717) is 5.75 Å². The van der Waals surface area contributed by atoms with E-state index in [9.17, 15) is 13.2 Å². The summed E-state index contributed by atoms with van der Waals surface area (Å²) in [5.41, 5.74) is 0.878. The fourth-order valence-electron chi connectivity index (χ4n) is 2.14. The van der Waals surface area contributed by atoms with Gasteiger partial charge < -0.3 is 10.1 Å². The van der Waals surface area contributed by atoms with Crippen molar-refractivity contribution in [3.8, 4) is 5.75 Å². The average Bonchev–Trinajstić information content (AvgIpc) is 2.66. The highest BCUT2D eigenvalue weighted by atomic mass is 32.2. The van der Waals surface area contributed by atoms with Crippen molar-refractivity contribution in [3.05, 3.63) is 60.2 Å². The fraction of sp³-hybridized carbons (Fsp3) is 0.316. The smallest absolute Gasteiger partial charge is 0.258 e. The summed E-state index contributed by atoms with van der Waals surface area (Å²) in [6.07, 6.45) is 0.842. The maximum Gasteiger partial charge on any atom is 0.258 e. The van der Waals surface area contributed by atoms with Crippen molar-refractivity contribution in [2.75, 3.05) is 6.61 Å². The highest BCUT2D eigenvalue weighted by Gasteiger charge is 2.14. The molecule has 0 saturated heterocycles. The van der Waals surface area contributed by atoms with Crippen LogP contribution in [-0.2, 0) is 21.4 Å². The van der Waals surface area contributed by atoms with Gasteiger partial charge in [-0.05, 0) is 43.2 Å². The Kier molecular flexibility index (Phi) is 7.17. The van der Waals surface area contributed by atoms with E-state index < -0.39 is 10.0 Å². The Morgan fingerprint density at radius 3 is 2.35 bits per heavy atom. The number of ether oxygens (including phenoxy) is 1. The maximum atomic E-state index is 12.3. The highest BCUT2D eigenvalue weighted by Crippen LogP contribution is 2.16. The third-order valence-corrected chi connectivity index (χ3v) is 5.25. The van der Waals surface area contributed by atoms with Gasteiger partial charge in [0.2, 0.25) is 10.0 Å². The van der Waals surface area contributed by atoms with Crippen LogP contribution in [0.3, 0.4) is 0 Å². The minimum absolute atomic E-state index is 0.0920. The van der Waals surface area contributed by atoms with Gasteiger partial charge in [-0.1, -0.05) is 37.3 Å². The van der Waals surface area contributed by atoms with Gasteiger partial charge in [-0.15, -0.1) is 0 Å². The number of sulfonamides is 1. The van der Waals surface area contributed by atoms with Crippen molar-refractivity contribution in [3.63, 3.8) is 0 Å². The number of amides is 1. The normalized spacial score (nSPS) is 12.4. The highest BCUT2D eigenvalue weighted by molar-refractivity contribution is 7.89. The van der Waals surface area contributed by atoms with Gasteiger partial charge in [0, 0.05) is 12.6 Å². The van der Waals surface area contributed by atoms with E-state index >= 15 is 0 Å². The summed E-state index contributed by atoms with van der Waals surface area (Å²) in [6, 6.07) is 15.4. The first kappa shape index (κ1) is 19.9. The third-order valence-electron chi connectivity index (χ3n) is 3.83. The molecular weight excluding hydrogens is 352 g/mol. The molecule has 0 aliphatic heterocycles. The summed E-state index contributed by atoms with van der Waals surface area (Å²) < 4.78 is 32.6. The monoisotopic (exact) mass is 376 g/mol. The predicted molar refractivity (Wildman–Crippen MR) is 100 cm³/mol. The first-order valence-electron chi connectivity index (χ1n) is 8.46. The molecule has 2 aromatic rings. The molecule has 0 fully saturated rings. The molecule has 26 heavy (non-hydrogen) atoms. The summed E-state index contributed by atoms with van der Waals surface area (Å²) >= 11 is 0. The van der Waals surface area contributed by atoms with Crippen LogP contribution in [-0.4, -0.2) is 27.0 Å². The molecule has 140 valence electrons. The Bertz CT molecular complexity index is 805. The molecule has 0 radical (unpaired) electrons. The first-order chi connectivity index (χ1) is 12.4. The fourth-order valence-corrected chi connectivity index (χ4v) is 3.16. The van der Waals surface area contributed by atoms with Crippen molar-refractivity contribution in [1.82, 2.24) is 10.0 Å². The van der Waals surface area contributed by atoms with E-state index in [1.807, 2.05) is 44.2 Å². The van der Waals surface area contributed by atoms with Crippen LogP contribution in [0.15, 0.2) is 59.5 Å². The topological polar surface area (TPSA) is 84.5 Å². The Morgan fingerprint density at radius 2 is 1.73 bits per heavy atom. The molecule has 0 heterocycles. The molecule has 0 bridgehead atoms. The summed E-state index contributed by atoms with van der Waals surface area (Å²) in [4.78, 5) is 11.8. The van der Waals surface area contributed by atoms with Crippen LogP contribution < -0.4 is 14.8 Å². The second-order valence-electron chi connectivity index (χ2n) is 5.95. The molecule has 1 amide bonds. The number of carbonyl (C=O) groups excluding carboxylic acids is 1. The van der Waals surface area contributed by atoms with E-state index in [2.05, 4.69) is 10.0 Å². The Hall–Kier alpha value is -2.38. The van der Waals surface area contributed by atoms with E-state index in [-0.39, 0.29) is 30.0 Å². The number of hydrogen-bond acceptors (Lipinski definition) is 4. The number of benzene rings is 2. The van der Waals surface area contributed by atoms with Crippen LogP contribution in [0.2, 0.25) is 0 Å². The third kappa shape index (κ3) is 6.16. The van der Waals surface area contributed by atoms with Gasteiger partial charge in [-0.25, -0.2) is 13.1 Å². The second-order valence-corrected chi connectivity index (χ2v) is 7.71. The van der Waals surface area contributed by atoms with E-state index in [4.69, 9.17) is 4.74 Å². The molecule has 0 aromatic heterocycles. The predicted octanol–water partition coefficient (Wildman–Crippen LogP) is 2.46. The first-order valence-corrected chi connectivity index (χ1v) is 9.95. The van der Waals surface area contributed by atoms with Crippen molar-refractivity contribution < 1.29 is 17.9 Å². The average molecular weight is 376 g/mol. The molecule has 1 atom stereocenters. The number of hydrogen-bond donors (Lipinski definition) is 2. The van der Waals surface area contributed by atoms with E-state index in [0.717, 1.165) is 12.0 Å². The van der Waals surface area contributed by atoms with Gasteiger partial charge in [0.05, 0.1) is 4.90 Å². The molecular formula is C19H24N2O4S. The zero-order valence-electron chi connectivity index (χ0n) is 14.9. The molecule has 0 aliphatic rings. The molecule has 6 nitrogen and oxygen atoms in total. The maximum absolute atomic E-state index is 12.3. The minimum atomic E-state index is -3.61. The Morgan fingerprint density at radius 1 is 1.08 bits per heavy atom. The summed E-state index contributed by atoms with van der Waals surface area (Å²) in [6.45, 7) is 4.01. The lowest BCUT2D eigenvalue weighted by molar-refractivity contribution is -0.123. The molecule has 2 rings (SSSR count). The van der Waals surface area contributed by atoms with E-state index in [1.165, 1.54) is 24.3 Å². The quantitative estimate of drug-likeness (QED) is 0.704. The van der Waals surface area contributed by atoms with Crippen LogP contribution >= 0.6 is 0 Å². The molecule has 7 heteroatoms. The largest absolute Gasteiger partial charge is 0.484 e. The van der Waals surface area contributed by atoms with Gasteiger partial charge in [-0.2, -0.15) is 0 Å². The lowest BCUT2D eigenvalue weighted by Gasteiger charge is -2.12. The lowest BCUT2D eigenvalue weighted by Crippen LogP contribution is -2.35. The molecule has 2 N–H and O–H groups in total. The molecule has 0 unspecified atom stereocenters. The van der Waals surface area contributed by atoms with Crippen molar-refractivity contribution in [2.24, 2.45) is 0 Å². The molecule has 0 saturated carbocycles. The Labute approximate surface area is 154 Å². The molecule has 0 aliphatic carbocycles. The van der Waals surface area contributed by atoms with E-state index in [1.54, 1.807) is 0 Å². The summed E-state index contributed by atoms with van der Waals surface area (Å²) in [5.74, 6) is 0.229. The summed E-state index contributed by atoms with van der Waals surface area (Å²) in [7, 11) is -3.61. The van der Waals surface area contributed by atoms with Gasteiger partial charge in [0.25, 0.3) is 5.91 Å². The van der Waals surface area contributed by atoms with Gasteiger partial charge in [0.1, 0.15) is 5.75 Å². The zero-order valence-corrected chi connectivity index (χ0v) is 15.8. The number of nitrogens with one attached hydrogen (secondary N) is 2. The van der Waals surface area contributed by atoms with Crippen LogP contribution in [0, 0.1) is 0 Å².